The molecular formula is C22H21F4N5O4. The van der Waals surface area contributed by atoms with Gasteiger partial charge in [-0.2, -0.15) is 17.9 Å². The third-order valence-electron chi connectivity index (χ3n) is 5.34. The van der Waals surface area contributed by atoms with Gasteiger partial charge in [0.1, 0.15) is 23.9 Å². The number of alkyl halides is 3. The van der Waals surface area contributed by atoms with Gasteiger partial charge in [-0.15, -0.1) is 5.10 Å². The first kappa shape index (κ1) is 24.4. The molecule has 1 N–H and O–H groups in total. The summed E-state index contributed by atoms with van der Waals surface area (Å²) in [4.78, 5) is 29.8. The zero-order valence-corrected chi connectivity index (χ0v) is 18.8. The molecule has 9 nitrogen and oxygen atoms in total. The Hall–Kier alpha value is -3.74. The number of pyridine rings is 1. The summed E-state index contributed by atoms with van der Waals surface area (Å²) in [5.74, 6) is -2.28. The van der Waals surface area contributed by atoms with Gasteiger partial charge in [0.2, 0.25) is 0 Å². The minimum absolute atomic E-state index is 0.0194. The second-order valence-electron chi connectivity index (χ2n) is 7.91. The van der Waals surface area contributed by atoms with Crippen molar-refractivity contribution in [1.29, 1.82) is 0 Å². The standard InChI is InChI=1S/C22H21F4N5O4/c1-12-4-5-27-13(2)19(12)28-20(32)14-8-15(23)16(9-17(14)35-11-22(24,25)26)31-21(33)30-6-3-7-34-10-18(30)29-31/h4-5,8-9H,3,6-7,10-11H2,1-2H3,(H,28,32). The molecular weight excluding hydrogens is 474 g/mol. The van der Waals surface area contributed by atoms with Gasteiger partial charge >= 0.3 is 11.9 Å². The van der Waals surface area contributed by atoms with Gasteiger partial charge < -0.3 is 14.8 Å². The average Bonchev–Trinajstić information content (AvgIpc) is 2.95. The smallest absolute Gasteiger partial charge is 0.422 e. The monoisotopic (exact) mass is 495 g/mol. The minimum atomic E-state index is -4.72. The summed E-state index contributed by atoms with van der Waals surface area (Å²) in [5, 5.41) is 6.62. The van der Waals surface area contributed by atoms with E-state index in [1.165, 1.54) is 10.8 Å². The van der Waals surface area contributed by atoms with Crippen LogP contribution in [0.5, 0.6) is 5.75 Å². The van der Waals surface area contributed by atoms with E-state index in [1.54, 1.807) is 19.9 Å². The van der Waals surface area contributed by atoms with E-state index in [2.05, 4.69) is 15.4 Å². The van der Waals surface area contributed by atoms with Gasteiger partial charge in [0, 0.05) is 25.4 Å². The summed E-state index contributed by atoms with van der Waals surface area (Å²) in [6.07, 6.45) is -2.66. The van der Waals surface area contributed by atoms with Crippen molar-refractivity contribution in [3.05, 3.63) is 63.3 Å². The van der Waals surface area contributed by atoms with Crippen molar-refractivity contribution in [1.82, 2.24) is 19.3 Å². The Labute approximate surface area is 196 Å². The molecule has 0 spiro atoms. The molecule has 0 unspecified atom stereocenters. The Balaban J connectivity index is 1.77. The highest BCUT2D eigenvalue weighted by molar-refractivity contribution is 6.07. The van der Waals surface area contributed by atoms with Crippen molar-refractivity contribution in [3.8, 4) is 11.4 Å². The molecule has 186 valence electrons. The second-order valence-corrected chi connectivity index (χ2v) is 7.91. The van der Waals surface area contributed by atoms with Crippen LogP contribution in [0.2, 0.25) is 0 Å². The fraction of sp³-hybridized carbons (Fsp3) is 0.364. The number of nitrogens with one attached hydrogen (secondary N) is 1. The quantitative estimate of drug-likeness (QED) is 0.546. The third-order valence-corrected chi connectivity index (χ3v) is 5.34. The Morgan fingerprint density at radius 3 is 2.77 bits per heavy atom. The molecule has 4 rings (SSSR count). The maximum Gasteiger partial charge on any atom is 0.422 e. The molecule has 0 atom stereocenters. The molecule has 3 heterocycles. The fourth-order valence-corrected chi connectivity index (χ4v) is 3.64. The topological polar surface area (TPSA) is 100 Å². The lowest BCUT2D eigenvalue weighted by atomic mass is 10.1. The van der Waals surface area contributed by atoms with E-state index in [0.29, 0.717) is 36.0 Å². The number of carbonyl (C=O) groups is 1. The van der Waals surface area contributed by atoms with E-state index in [0.717, 1.165) is 10.7 Å². The molecule has 1 aliphatic rings. The van der Waals surface area contributed by atoms with Crippen molar-refractivity contribution < 1.29 is 31.8 Å². The number of halogens is 4. The van der Waals surface area contributed by atoms with E-state index in [-0.39, 0.29) is 19.0 Å². The molecule has 1 aromatic carbocycles. The Morgan fingerprint density at radius 2 is 2.06 bits per heavy atom. The molecule has 1 aliphatic heterocycles. The predicted molar refractivity (Wildman–Crippen MR) is 115 cm³/mol. The zero-order chi connectivity index (χ0) is 25.3. The number of anilines is 1. The lowest BCUT2D eigenvalue weighted by molar-refractivity contribution is -0.153. The van der Waals surface area contributed by atoms with Gasteiger partial charge in [-0.3, -0.25) is 14.3 Å². The molecule has 0 radical (unpaired) electrons. The molecule has 35 heavy (non-hydrogen) atoms. The fourth-order valence-electron chi connectivity index (χ4n) is 3.64. The van der Waals surface area contributed by atoms with E-state index in [1.807, 2.05) is 0 Å². The molecule has 13 heteroatoms. The summed E-state index contributed by atoms with van der Waals surface area (Å²) < 4.78 is 66.1. The van der Waals surface area contributed by atoms with Gasteiger partial charge in [-0.05, 0) is 38.0 Å². The highest BCUT2D eigenvalue weighted by Crippen LogP contribution is 2.29. The SMILES string of the molecule is Cc1ccnc(C)c1NC(=O)c1cc(F)c(-n2nc3n(c2=O)CCCOC3)cc1OCC(F)(F)F. The summed E-state index contributed by atoms with van der Waals surface area (Å²) in [6, 6.07) is 3.20. The largest absolute Gasteiger partial charge is 0.483 e. The summed E-state index contributed by atoms with van der Waals surface area (Å²) in [6.45, 7) is 2.33. The normalized spacial score (nSPS) is 13.8. The van der Waals surface area contributed by atoms with Gasteiger partial charge in [-0.1, -0.05) is 0 Å². The number of fused-ring (bicyclic) bond motifs is 1. The maximum atomic E-state index is 15.2. The second kappa shape index (κ2) is 9.49. The molecule has 0 saturated carbocycles. The van der Waals surface area contributed by atoms with Crippen molar-refractivity contribution in [2.45, 2.75) is 39.6 Å². The first-order chi connectivity index (χ1) is 16.5. The highest BCUT2D eigenvalue weighted by Gasteiger charge is 2.30. The molecule has 0 aliphatic carbocycles. The number of hydrogen-bond acceptors (Lipinski definition) is 6. The number of hydrogen-bond donors (Lipinski definition) is 1. The number of carbonyl (C=O) groups excluding carboxylic acids is 1. The van der Waals surface area contributed by atoms with Crippen LogP contribution in [0.1, 0.15) is 33.9 Å². The lowest BCUT2D eigenvalue weighted by Crippen LogP contribution is -2.26. The van der Waals surface area contributed by atoms with E-state index >= 15 is 4.39 Å². The van der Waals surface area contributed by atoms with Crippen LogP contribution in [-0.4, -0.2) is 44.6 Å². The van der Waals surface area contributed by atoms with Crippen molar-refractivity contribution in [2.24, 2.45) is 0 Å². The Bertz CT molecular complexity index is 1310. The highest BCUT2D eigenvalue weighted by atomic mass is 19.4. The van der Waals surface area contributed by atoms with Crippen LogP contribution in [0.4, 0.5) is 23.2 Å². The maximum absolute atomic E-state index is 15.2. The van der Waals surface area contributed by atoms with Gasteiger partial charge in [-0.25, -0.2) is 9.18 Å². The number of ether oxygens (including phenoxy) is 2. The predicted octanol–water partition coefficient (Wildman–Crippen LogP) is 3.30. The molecule has 3 aromatic rings. The Morgan fingerprint density at radius 1 is 1.29 bits per heavy atom. The van der Waals surface area contributed by atoms with Gasteiger partial charge in [0.15, 0.2) is 12.4 Å². The summed E-state index contributed by atoms with van der Waals surface area (Å²) in [5.41, 5.74) is -0.202. The number of aryl methyl sites for hydroxylation is 2. The van der Waals surface area contributed by atoms with Crippen molar-refractivity contribution in [2.75, 3.05) is 18.5 Å². The average molecular weight is 495 g/mol. The summed E-state index contributed by atoms with van der Waals surface area (Å²) >= 11 is 0. The summed E-state index contributed by atoms with van der Waals surface area (Å²) in [7, 11) is 0. The minimum Gasteiger partial charge on any atom is -0.483 e. The molecule has 0 fully saturated rings. The van der Waals surface area contributed by atoms with E-state index in [4.69, 9.17) is 9.47 Å². The van der Waals surface area contributed by atoms with Gasteiger partial charge in [0.25, 0.3) is 5.91 Å². The molecule has 1 amide bonds. The van der Waals surface area contributed by atoms with Crippen LogP contribution in [0.15, 0.2) is 29.2 Å². The zero-order valence-electron chi connectivity index (χ0n) is 18.8. The lowest BCUT2D eigenvalue weighted by Gasteiger charge is -2.16. The number of rotatable bonds is 5. The molecule has 0 bridgehead atoms. The molecule has 0 saturated heterocycles. The number of amides is 1. The van der Waals surface area contributed by atoms with Crippen molar-refractivity contribution in [3.63, 3.8) is 0 Å². The van der Waals surface area contributed by atoms with Crippen LogP contribution >= 0.6 is 0 Å². The number of benzene rings is 1. The first-order valence-corrected chi connectivity index (χ1v) is 10.6. The van der Waals surface area contributed by atoms with Gasteiger partial charge in [0.05, 0.1) is 16.9 Å². The van der Waals surface area contributed by atoms with Crippen LogP contribution in [0.25, 0.3) is 5.69 Å². The van der Waals surface area contributed by atoms with Crippen LogP contribution in [0.3, 0.4) is 0 Å². The first-order valence-electron chi connectivity index (χ1n) is 10.6. The van der Waals surface area contributed by atoms with E-state index < -0.39 is 47.2 Å². The third kappa shape index (κ3) is 5.19. The number of aromatic nitrogens is 4. The molecule has 2 aromatic heterocycles. The van der Waals surface area contributed by atoms with Crippen LogP contribution in [0, 0.1) is 19.7 Å². The van der Waals surface area contributed by atoms with Crippen LogP contribution in [-0.2, 0) is 17.9 Å². The van der Waals surface area contributed by atoms with Crippen LogP contribution < -0.4 is 15.7 Å². The number of nitrogens with zero attached hydrogens (tertiary/aromatic N) is 4. The Kier molecular flexibility index (Phi) is 6.61. The van der Waals surface area contributed by atoms with E-state index in [9.17, 15) is 22.8 Å². The van der Waals surface area contributed by atoms with Crippen molar-refractivity contribution >= 4 is 11.6 Å².